The molecule has 0 saturated carbocycles. The lowest BCUT2D eigenvalue weighted by molar-refractivity contribution is 0.242. The van der Waals surface area contributed by atoms with E-state index in [0.29, 0.717) is 11.8 Å². The van der Waals surface area contributed by atoms with Gasteiger partial charge >= 0.3 is 0 Å². The second-order valence-corrected chi connectivity index (χ2v) is 4.58. The van der Waals surface area contributed by atoms with E-state index in [1.807, 2.05) is 26.0 Å². The van der Waals surface area contributed by atoms with Crippen LogP contribution in [-0.4, -0.2) is 12.0 Å². The van der Waals surface area contributed by atoms with Crippen LogP contribution in [0.5, 0.6) is 5.75 Å². The molecule has 1 aromatic carbocycles. The van der Waals surface area contributed by atoms with Crippen molar-refractivity contribution in [1.29, 1.82) is 0 Å². The van der Waals surface area contributed by atoms with Crippen molar-refractivity contribution < 1.29 is 4.74 Å². The summed E-state index contributed by atoms with van der Waals surface area (Å²) in [5, 5.41) is 0. The number of rotatable bonds is 5. The third kappa shape index (κ3) is 4.57. The molecule has 0 aliphatic heterocycles. The third-order valence-corrected chi connectivity index (χ3v) is 2.67. The van der Waals surface area contributed by atoms with Gasteiger partial charge in [0.2, 0.25) is 0 Å². The summed E-state index contributed by atoms with van der Waals surface area (Å²) in [5.41, 5.74) is 1.32. The molecule has 84 valence electrons. The summed E-state index contributed by atoms with van der Waals surface area (Å²) >= 11 is 5.78. The van der Waals surface area contributed by atoms with Crippen molar-refractivity contribution in [3.8, 4) is 5.75 Å². The fourth-order valence-corrected chi connectivity index (χ4v) is 1.54. The normalized spacial score (nSPS) is 12.9. The molecule has 15 heavy (non-hydrogen) atoms. The Balaban J connectivity index is 2.56. The first-order valence-electron chi connectivity index (χ1n) is 5.43. The average Bonchev–Trinajstić information content (AvgIpc) is 2.20. The minimum absolute atomic E-state index is 0.234. The van der Waals surface area contributed by atoms with E-state index in [4.69, 9.17) is 16.3 Å². The average molecular weight is 227 g/mol. The largest absolute Gasteiger partial charge is 0.491 e. The number of alkyl halides is 1. The molecule has 1 unspecified atom stereocenters. The number of hydrogen-bond donors (Lipinski definition) is 0. The van der Waals surface area contributed by atoms with Gasteiger partial charge in [-0.2, -0.15) is 0 Å². The Hall–Kier alpha value is -0.690. The Morgan fingerprint density at radius 1 is 1.13 bits per heavy atom. The molecule has 0 fully saturated rings. The fourth-order valence-electron chi connectivity index (χ4n) is 1.43. The van der Waals surface area contributed by atoms with Crippen molar-refractivity contribution in [3.05, 3.63) is 29.8 Å². The first kappa shape index (κ1) is 12.4. The fraction of sp³-hybridized carbons (Fsp3) is 0.538. The second-order valence-electron chi connectivity index (χ2n) is 4.27. The molecule has 1 atom stereocenters. The highest BCUT2D eigenvalue weighted by atomic mass is 35.5. The van der Waals surface area contributed by atoms with Crippen molar-refractivity contribution in [1.82, 2.24) is 0 Å². The van der Waals surface area contributed by atoms with Crippen LogP contribution in [0.15, 0.2) is 24.3 Å². The van der Waals surface area contributed by atoms with Gasteiger partial charge in [-0.25, -0.2) is 0 Å². The summed E-state index contributed by atoms with van der Waals surface area (Å²) in [7, 11) is 0. The van der Waals surface area contributed by atoms with E-state index in [1.54, 1.807) is 0 Å². The predicted octanol–water partition coefficient (Wildman–Crippen LogP) is 3.89. The van der Waals surface area contributed by atoms with Gasteiger partial charge in [0, 0.05) is 5.88 Å². The topological polar surface area (TPSA) is 9.23 Å². The quantitative estimate of drug-likeness (QED) is 0.693. The lowest BCUT2D eigenvalue weighted by Crippen LogP contribution is -2.05. The Kier molecular flexibility index (Phi) is 4.97. The van der Waals surface area contributed by atoms with E-state index < -0.39 is 0 Å². The summed E-state index contributed by atoms with van der Waals surface area (Å²) in [6.07, 6.45) is 1.27. The van der Waals surface area contributed by atoms with Crippen LogP contribution in [0.2, 0.25) is 0 Å². The van der Waals surface area contributed by atoms with Crippen LogP contribution in [0.25, 0.3) is 0 Å². The van der Waals surface area contributed by atoms with Crippen molar-refractivity contribution in [2.45, 2.75) is 33.3 Å². The van der Waals surface area contributed by atoms with Crippen LogP contribution in [-0.2, 0) is 6.42 Å². The van der Waals surface area contributed by atoms with Crippen molar-refractivity contribution in [3.63, 3.8) is 0 Å². The second kappa shape index (κ2) is 6.02. The molecular weight excluding hydrogens is 208 g/mol. The number of ether oxygens (including phenoxy) is 1. The highest BCUT2D eigenvalue weighted by molar-refractivity contribution is 6.18. The molecule has 0 heterocycles. The first-order valence-corrected chi connectivity index (χ1v) is 5.97. The standard InChI is InChI=1S/C13H19ClO/c1-10(2)15-13-6-4-12(5-7-13)8-11(3)9-14/h4-7,10-11H,8-9H2,1-3H3. The van der Waals surface area contributed by atoms with Gasteiger partial charge in [0.15, 0.2) is 0 Å². The molecule has 0 bridgehead atoms. The molecule has 0 spiro atoms. The third-order valence-electron chi connectivity index (χ3n) is 2.14. The molecule has 0 amide bonds. The van der Waals surface area contributed by atoms with E-state index in [-0.39, 0.29) is 6.10 Å². The van der Waals surface area contributed by atoms with Crippen LogP contribution < -0.4 is 4.74 Å². The molecule has 0 aromatic heterocycles. The van der Waals surface area contributed by atoms with Gasteiger partial charge < -0.3 is 4.74 Å². The Bertz CT molecular complexity index is 279. The Morgan fingerprint density at radius 3 is 2.20 bits per heavy atom. The predicted molar refractivity (Wildman–Crippen MR) is 65.8 cm³/mol. The summed E-state index contributed by atoms with van der Waals surface area (Å²) in [4.78, 5) is 0. The molecule has 0 N–H and O–H groups in total. The summed E-state index contributed by atoms with van der Waals surface area (Å²) in [5.74, 6) is 2.18. The van der Waals surface area contributed by atoms with E-state index >= 15 is 0 Å². The van der Waals surface area contributed by atoms with Gasteiger partial charge in [-0.15, -0.1) is 11.6 Å². The van der Waals surface area contributed by atoms with Crippen LogP contribution in [0.1, 0.15) is 26.3 Å². The minimum Gasteiger partial charge on any atom is -0.491 e. The summed E-state index contributed by atoms with van der Waals surface area (Å²) in [6.45, 7) is 6.22. The van der Waals surface area contributed by atoms with E-state index in [2.05, 4.69) is 19.1 Å². The maximum Gasteiger partial charge on any atom is 0.119 e. The van der Waals surface area contributed by atoms with Gasteiger partial charge in [0.1, 0.15) is 5.75 Å². The van der Waals surface area contributed by atoms with Crippen LogP contribution in [0.3, 0.4) is 0 Å². The Morgan fingerprint density at radius 2 is 1.73 bits per heavy atom. The lowest BCUT2D eigenvalue weighted by atomic mass is 10.0. The van der Waals surface area contributed by atoms with Crippen molar-refractivity contribution in [2.24, 2.45) is 5.92 Å². The number of benzene rings is 1. The minimum atomic E-state index is 0.234. The zero-order chi connectivity index (χ0) is 11.3. The van der Waals surface area contributed by atoms with Gasteiger partial charge in [0.25, 0.3) is 0 Å². The smallest absolute Gasteiger partial charge is 0.119 e. The van der Waals surface area contributed by atoms with Crippen LogP contribution in [0, 0.1) is 5.92 Å². The van der Waals surface area contributed by atoms with Crippen LogP contribution >= 0.6 is 11.6 Å². The molecule has 1 aromatic rings. The molecule has 0 aliphatic rings. The molecule has 1 nitrogen and oxygen atoms in total. The zero-order valence-electron chi connectivity index (χ0n) is 9.66. The van der Waals surface area contributed by atoms with E-state index in [1.165, 1.54) is 5.56 Å². The Labute approximate surface area is 97.4 Å². The van der Waals surface area contributed by atoms with Crippen molar-refractivity contribution >= 4 is 11.6 Å². The molecule has 0 radical (unpaired) electrons. The van der Waals surface area contributed by atoms with Gasteiger partial charge in [-0.1, -0.05) is 19.1 Å². The molecule has 0 aliphatic carbocycles. The summed E-state index contributed by atoms with van der Waals surface area (Å²) < 4.78 is 5.57. The highest BCUT2D eigenvalue weighted by Crippen LogP contribution is 2.16. The van der Waals surface area contributed by atoms with Gasteiger partial charge in [-0.05, 0) is 43.9 Å². The number of halogens is 1. The molecule has 1 rings (SSSR count). The van der Waals surface area contributed by atoms with E-state index in [9.17, 15) is 0 Å². The molecule has 0 saturated heterocycles. The van der Waals surface area contributed by atoms with Crippen LogP contribution in [0.4, 0.5) is 0 Å². The zero-order valence-corrected chi connectivity index (χ0v) is 10.4. The van der Waals surface area contributed by atoms with Crippen molar-refractivity contribution in [2.75, 3.05) is 5.88 Å². The molecule has 2 heteroatoms. The maximum atomic E-state index is 5.78. The lowest BCUT2D eigenvalue weighted by Gasteiger charge is -2.11. The van der Waals surface area contributed by atoms with Gasteiger partial charge in [-0.3, -0.25) is 0 Å². The first-order chi connectivity index (χ1) is 7.11. The maximum absolute atomic E-state index is 5.78. The molecular formula is C13H19ClO. The highest BCUT2D eigenvalue weighted by Gasteiger charge is 2.02. The number of hydrogen-bond acceptors (Lipinski definition) is 1. The van der Waals surface area contributed by atoms with E-state index in [0.717, 1.165) is 12.2 Å². The van der Waals surface area contributed by atoms with Gasteiger partial charge in [0.05, 0.1) is 6.10 Å². The summed E-state index contributed by atoms with van der Waals surface area (Å²) in [6, 6.07) is 8.27. The SMILES string of the molecule is CC(CCl)Cc1ccc(OC(C)C)cc1. The monoisotopic (exact) mass is 226 g/mol.